The SMILES string of the molecule is COc1cc(CN2CC3(CN(C(=O)c4cccnc4)C3)c3c([nH]c4cc(OC)ccc34)[C@H]2CO)cc(OC)c1. The van der Waals surface area contributed by atoms with Crippen molar-refractivity contribution in [1.82, 2.24) is 19.8 Å². The van der Waals surface area contributed by atoms with Crippen LogP contribution in [0.1, 0.15) is 33.2 Å². The molecule has 4 heterocycles. The third kappa shape index (κ3) is 4.27. The molecule has 2 N–H and O–H groups in total. The Morgan fingerprint density at radius 3 is 2.41 bits per heavy atom. The van der Waals surface area contributed by atoms with Crippen LogP contribution in [0.25, 0.3) is 10.9 Å². The number of hydrogen-bond acceptors (Lipinski definition) is 7. The van der Waals surface area contributed by atoms with E-state index in [9.17, 15) is 9.90 Å². The van der Waals surface area contributed by atoms with Crippen molar-refractivity contribution in [2.75, 3.05) is 47.6 Å². The fourth-order valence-electron chi connectivity index (χ4n) is 6.23. The maximum Gasteiger partial charge on any atom is 0.255 e. The van der Waals surface area contributed by atoms with Crippen LogP contribution in [0, 0.1) is 0 Å². The van der Waals surface area contributed by atoms with Crippen LogP contribution in [0.15, 0.2) is 60.9 Å². The van der Waals surface area contributed by atoms with Crippen molar-refractivity contribution in [2.24, 2.45) is 0 Å². The van der Waals surface area contributed by atoms with Crippen LogP contribution in [0.4, 0.5) is 0 Å². The van der Waals surface area contributed by atoms with E-state index < -0.39 is 0 Å². The largest absolute Gasteiger partial charge is 0.497 e. The number of nitrogens with one attached hydrogen (secondary N) is 1. The Kier molecular flexibility index (Phi) is 6.40. The Morgan fingerprint density at radius 2 is 1.77 bits per heavy atom. The number of likely N-dealkylation sites (tertiary alicyclic amines) is 1. The van der Waals surface area contributed by atoms with Crippen LogP contribution in [-0.2, 0) is 12.0 Å². The van der Waals surface area contributed by atoms with Gasteiger partial charge in [-0.1, -0.05) is 0 Å². The first-order valence-electron chi connectivity index (χ1n) is 12.9. The van der Waals surface area contributed by atoms with Crippen molar-refractivity contribution >= 4 is 16.8 Å². The maximum absolute atomic E-state index is 13.3. The summed E-state index contributed by atoms with van der Waals surface area (Å²) in [5, 5.41) is 11.8. The lowest BCUT2D eigenvalue weighted by molar-refractivity contribution is -0.00280. The van der Waals surface area contributed by atoms with Gasteiger partial charge in [-0.2, -0.15) is 0 Å². The van der Waals surface area contributed by atoms with Crippen LogP contribution in [0.5, 0.6) is 17.2 Å². The number of benzene rings is 2. The summed E-state index contributed by atoms with van der Waals surface area (Å²) < 4.78 is 16.5. The summed E-state index contributed by atoms with van der Waals surface area (Å²) in [4.78, 5) is 25.2. The lowest BCUT2D eigenvalue weighted by Crippen LogP contribution is -2.67. The lowest BCUT2D eigenvalue weighted by Gasteiger charge is -2.56. The highest BCUT2D eigenvalue weighted by molar-refractivity contribution is 5.95. The molecular weight excluding hydrogens is 496 g/mol. The number of pyridine rings is 1. The van der Waals surface area contributed by atoms with E-state index in [0.29, 0.717) is 43.2 Å². The first kappa shape index (κ1) is 25.2. The minimum atomic E-state index is -0.297. The van der Waals surface area contributed by atoms with Gasteiger partial charge in [0.1, 0.15) is 17.2 Å². The first-order valence-corrected chi connectivity index (χ1v) is 12.9. The Labute approximate surface area is 226 Å². The topological polar surface area (TPSA) is 100 Å². The van der Waals surface area contributed by atoms with Crippen molar-refractivity contribution in [3.05, 3.63) is 83.3 Å². The number of amides is 1. The zero-order valence-electron chi connectivity index (χ0n) is 22.3. The second-order valence-corrected chi connectivity index (χ2v) is 10.3. The molecule has 2 aromatic carbocycles. The van der Waals surface area contributed by atoms with E-state index in [0.717, 1.165) is 27.9 Å². The molecule has 9 heteroatoms. The number of aromatic amines is 1. The minimum Gasteiger partial charge on any atom is -0.497 e. The number of aromatic nitrogens is 2. The molecule has 0 unspecified atom stereocenters. The lowest BCUT2D eigenvalue weighted by atomic mass is 9.68. The Hall–Kier alpha value is -4.08. The van der Waals surface area contributed by atoms with Gasteiger partial charge < -0.3 is 29.2 Å². The van der Waals surface area contributed by atoms with Crippen LogP contribution < -0.4 is 14.2 Å². The smallest absolute Gasteiger partial charge is 0.255 e. The predicted molar refractivity (Wildman–Crippen MR) is 146 cm³/mol. The molecule has 1 spiro atoms. The van der Waals surface area contributed by atoms with Gasteiger partial charge in [-0.3, -0.25) is 14.7 Å². The molecule has 0 aliphatic carbocycles. The second-order valence-electron chi connectivity index (χ2n) is 10.3. The number of methoxy groups -OCH3 is 3. The summed E-state index contributed by atoms with van der Waals surface area (Å²) in [5.41, 5.74) is 4.42. The molecule has 9 nitrogen and oxygen atoms in total. The third-order valence-corrected chi connectivity index (χ3v) is 8.00. The Balaban J connectivity index is 1.41. The number of fused-ring (bicyclic) bond motifs is 4. The molecule has 1 fully saturated rings. The van der Waals surface area contributed by atoms with Crippen molar-refractivity contribution < 1.29 is 24.1 Å². The molecule has 4 aromatic rings. The molecule has 1 atom stereocenters. The quantitative estimate of drug-likeness (QED) is 0.379. The molecule has 1 saturated heterocycles. The average molecular weight is 529 g/mol. The van der Waals surface area contributed by atoms with E-state index in [4.69, 9.17) is 14.2 Å². The zero-order valence-corrected chi connectivity index (χ0v) is 22.3. The van der Waals surface area contributed by atoms with Gasteiger partial charge in [0, 0.05) is 72.7 Å². The number of rotatable bonds is 7. The van der Waals surface area contributed by atoms with Gasteiger partial charge in [-0.25, -0.2) is 0 Å². The minimum absolute atomic E-state index is 0.0230. The van der Waals surface area contributed by atoms with Crippen LogP contribution in [0.3, 0.4) is 0 Å². The number of aliphatic hydroxyl groups excluding tert-OH is 1. The summed E-state index contributed by atoms with van der Waals surface area (Å²) in [6.07, 6.45) is 3.28. The number of nitrogens with zero attached hydrogens (tertiary/aromatic N) is 3. The van der Waals surface area contributed by atoms with Crippen LogP contribution in [0.2, 0.25) is 0 Å². The van der Waals surface area contributed by atoms with Gasteiger partial charge in [0.2, 0.25) is 0 Å². The van der Waals surface area contributed by atoms with Gasteiger partial charge in [0.15, 0.2) is 0 Å². The maximum atomic E-state index is 13.3. The van der Waals surface area contributed by atoms with E-state index in [-0.39, 0.29) is 24.0 Å². The van der Waals surface area contributed by atoms with Gasteiger partial charge in [-0.15, -0.1) is 0 Å². The molecule has 0 saturated carbocycles. The highest BCUT2D eigenvalue weighted by Crippen LogP contribution is 2.49. The summed E-state index contributed by atoms with van der Waals surface area (Å²) >= 11 is 0. The zero-order chi connectivity index (χ0) is 27.1. The number of carbonyl (C=O) groups excluding carboxylic acids is 1. The van der Waals surface area contributed by atoms with Gasteiger partial charge >= 0.3 is 0 Å². The molecular formula is C30H32N4O5. The molecule has 0 bridgehead atoms. The first-order chi connectivity index (χ1) is 19.0. The fraction of sp³-hybridized carbons (Fsp3) is 0.333. The molecule has 202 valence electrons. The molecule has 6 rings (SSSR count). The van der Waals surface area contributed by atoms with E-state index in [1.54, 1.807) is 45.9 Å². The number of carbonyl (C=O) groups is 1. The van der Waals surface area contributed by atoms with E-state index in [1.807, 2.05) is 35.2 Å². The van der Waals surface area contributed by atoms with Gasteiger partial charge in [0.05, 0.1) is 39.5 Å². The van der Waals surface area contributed by atoms with Crippen LogP contribution in [-0.4, -0.2) is 78.4 Å². The monoisotopic (exact) mass is 528 g/mol. The summed E-state index contributed by atoms with van der Waals surface area (Å²) in [6, 6.07) is 15.2. The number of H-pyrrole nitrogens is 1. The highest BCUT2D eigenvalue weighted by Gasteiger charge is 2.54. The van der Waals surface area contributed by atoms with E-state index in [1.165, 1.54) is 5.56 Å². The van der Waals surface area contributed by atoms with Crippen molar-refractivity contribution in [3.63, 3.8) is 0 Å². The van der Waals surface area contributed by atoms with Crippen molar-refractivity contribution in [3.8, 4) is 17.2 Å². The molecule has 2 aliphatic rings. The van der Waals surface area contributed by atoms with Gasteiger partial charge in [-0.05, 0) is 47.5 Å². The third-order valence-electron chi connectivity index (χ3n) is 8.00. The highest BCUT2D eigenvalue weighted by atomic mass is 16.5. The standard InChI is InChI=1S/C30H32N4O5/c1-37-21-6-7-24-25(12-21)32-28-26(15-35)33(14-19-9-22(38-2)11-23(10-19)39-3)16-30(27(24)28)17-34(18-30)29(36)20-5-4-8-31-13-20/h4-13,26,32,35H,14-18H2,1-3H3/t26-/m1/s1. The van der Waals surface area contributed by atoms with Crippen LogP contribution >= 0.6 is 0 Å². The molecule has 1 amide bonds. The molecule has 2 aromatic heterocycles. The summed E-state index contributed by atoms with van der Waals surface area (Å²) in [5.74, 6) is 2.17. The fourth-order valence-corrected chi connectivity index (χ4v) is 6.23. The Morgan fingerprint density at radius 1 is 1.03 bits per heavy atom. The number of aliphatic hydroxyl groups is 1. The molecule has 0 radical (unpaired) electrons. The molecule has 2 aliphatic heterocycles. The van der Waals surface area contributed by atoms with Gasteiger partial charge in [0.25, 0.3) is 5.91 Å². The average Bonchev–Trinajstić information content (AvgIpc) is 3.34. The Bertz CT molecular complexity index is 1490. The predicted octanol–water partition coefficient (Wildman–Crippen LogP) is 3.53. The summed E-state index contributed by atoms with van der Waals surface area (Å²) in [6.45, 7) is 2.35. The van der Waals surface area contributed by atoms with E-state index in [2.05, 4.69) is 20.9 Å². The summed E-state index contributed by atoms with van der Waals surface area (Å²) in [7, 11) is 4.93. The number of ether oxygens (including phenoxy) is 3. The van der Waals surface area contributed by atoms with Crippen molar-refractivity contribution in [1.29, 1.82) is 0 Å². The van der Waals surface area contributed by atoms with E-state index >= 15 is 0 Å². The normalized spacial score (nSPS) is 18.1. The molecule has 39 heavy (non-hydrogen) atoms. The van der Waals surface area contributed by atoms with Crippen molar-refractivity contribution in [2.45, 2.75) is 18.0 Å². The second kappa shape index (κ2) is 9.91. The number of hydrogen-bond donors (Lipinski definition) is 2.